The van der Waals surface area contributed by atoms with Gasteiger partial charge in [0.25, 0.3) is 5.69 Å². The predicted molar refractivity (Wildman–Crippen MR) is 59.3 cm³/mol. The van der Waals surface area contributed by atoms with E-state index in [0.29, 0.717) is 0 Å². The largest absolute Gasteiger partial charge is 0.495 e. The van der Waals surface area contributed by atoms with Gasteiger partial charge in [0.05, 0.1) is 17.6 Å². The fourth-order valence-electron chi connectivity index (χ4n) is 0.988. The number of carboxylic acids is 1. The molecule has 1 rings (SSSR count). The van der Waals surface area contributed by atoms with Crippen molar-refractivity contribution in [2.75, 3.05) is 7.11 Å². The standard InChI is InChI=1S/C8H6INO5/c1-15-6-3-4(8(11)12)2-5(7(6)9)10(13)14/h2-3H,1H3,(H,11,12). The van der Waals surface area contributed by atoms with Gasteiger partial charge in [0.1, 0.15) is 9.32 Å². The summed E-state index contributed by atoms with van der Waals surface area (Å²) in [4.78, 5) is 20.6. The molecule has 1 aromatic carbocycles. The minimum Gasteiger partial charge on any atom is -0.495 e. The molecule has 0 aliphatic heterocycles. The van der Waals surface area contributed by atoms with Gasteiger partial charge in [-0.15, -0.1) is 0 Å². The van der Waals surface area contributed by atoms with Crippen LogP contribution in [0.1, 0.15) is 10.4 Å². The van der Waals surface area contributed by atoms with Crippen LogP contribution in [0, 0.1) is 13.7 Å². The van der Waals surface area contributed by atoms with Crippen molar-refractivity contribution in [3.8, 4) is 5.75 Å². The van der Waals surface area contributed by atoms with Crippen LogP contribution in [0.3, 0.4) is 0 Å². The lowest BCUT2D eigenvalue weighted by Gasteiger charge is -2.04. The highest BCUT2D eigenvalue weighted by atomic mass is 127. The number of nitrogens with zero attached hydrogens (tertiary/aromatic N) is 1. The quantitative estimate of drug-likeness (QED) is 0.521. The van der Waals surface area contributed by atoms with E-state index >= 15 is 0 Å². The van der Waals surface area contributed by atoms with E-state index in [1.54, 1.807) is 22.6 Å². The Balaban J connectivity index is 3.45. The van der Waals surface area contributed by atoms with E-state index in [2.05, 4.69) is 0 Å². The SMILES string of the molecule is COc1cc(C(=O)O)cc([N+](=O)[O-])c1I. The van der Waals surface area contributed by atoms with Gasteiger partial charge in [-0.2, -0.15) is 0 Å². The summed E-state index contributed by atoms with van der Waals surface area (Å²) >= 11 is 1.74. The number of carboxylic acid groups (broad SMARTS) is 1. The zero-order valence-electron chi connectivity index (χ0n) is 7.56. The van der Waals surface area contributed by atoms with Crippen molar-refractivity contribution in [3.05, 3.63) is 31.4 Å². The molecule has 7 heteroatoms. The van der Waals surface area contributed by atoms with Crippen LogP contribution < -0.4 is 4.74 Å². The number of aromatic carboxylic acids is 1. The first kappa shape index (κ1) is 11.7. The molecule has 1 aromatic rings. The number of hydrogen-bond donors (Lipinski definition) is 1. The zero-order chi connectivity index (χ0) is 11.6. The van der Waals surface area contributed by atoms with Gasteiger partial charge in [-0.05, 0) is 28.7 Å². The number of methoxy groups -OCH3 is 1. The molecule has 0 aromatic heterocycles. The minimum atomic E-state index is -1.23. The third kappa shape index (κ3) is 2.35. The fourth-order valence-corrected chi connectivity index (χ4v) is 1.72. The lowest BCUT2D eigenvalue weighted by Crippen LogP contribution is -2.02. The van der Waals surface area contributed by atoms with E-state index in [1.165, 1.54) is 13.2 Å². The lowest BCUT2D eigenvalue weighted by molar-refractivity contribution is -0.385. The molecule has 6 nitrogen and oxygen atoms in total. The van der Waals surface area contributed by atoms with Crippen molar-refractivity contribution in [1.29, 1.82) is 0 Å². The molecule has 0 atom stereocenters. The number of carbonyl (C=O) groups is 1. The summed E-state index contributed by atoms with van der Waals surface area (Å²) in [6.45, 7) is 0. The summed E-state index contributed by atoms with van der Waals surface area (Å²) in [5.74, 6) is -1.05. The number of nitro benzene ring substituents is 1. The van der Waals surface area contributed by atoms with Crippen LogP contribution in [0.4, 0.5) is 5.69 Å². The molecule has 0 heterocycles. The van der Waals surface area contributed by atoms with Crippen molar-refractivity contribution in [1.82, 2.24) is 0 Å². The molecule has 0 radical (unpaired) electrons. The first-order valence-electron chi connectivity index (χ1n) is 3.72. The lowest BCUT2D eigenvalue weighted by atomic mass is 10.2. The Labute approximate surface area is 98.1 Å². The van der Waals surface area contributed by atoms with Gasteiger partial charge in [0.15, 0.2) is 0 Å². The van der Waals surface area contributed by atoms with Crippen LogP contribution in [0.15, 0.2) is 12.1 Å². The molecule has 0 saturated heterocycles. The number of ether oxygens (including phenoxy) is 1. The Kier molecular flexibility index (Phi) is 3.45. The molecule has 0 spiro atoms. The molecule has 0 unspecified atom stereocenters. The number of halogens is 1. The number of rotatable bonds is 3. The Morgan fingerprint density at radius 2 is 2.20 bits per heavy atom. The topological polar surface area (TPSA) is 89.7 Å². The van der Waals surface area contributed by atoms with Crippen LogP contribution in [-0.2, 0) is 0 Å². The monoisotopic (exact) mass is 323 g/mol. The van der Waals surface area contributed by atoms with Crippen LogP contribution in [0.5, 0.6) is 5.75 Å². The number of nitro groups is 1. The van der Waals surface area contributed by atoms with Gasteiger partial charge in [0, 0.05) is 6.07 Å². The van der Waals surface area contributed by atoms with Crippen molar-refractivity contribution in [3.63, 3.8) is 0 Å². The summed E-state index contributed by atoms with van der Waals surface area (Å²) in [5, 5.41) is 19.3. The van der Waals surface area contributed by atoms with Crippen molar-refractivity contribution >= 4 is 34.2 Å². The van der Waals surface area contributed by atoms with Crippen LogP contribution in [-0.4, -0.2) is 23.1 Å². The van der Waals surface area contributed by atoms with Crippen LogP contribution in [0.25, 0.3) is 0 Å². The van der Waals surface area contributed by atoms with E-state index in [4.69, 9.17) is 9.84 Å². The van der Waals surface area contributed by atoms with Gasteiger partial charge in [-0.25, -0.2) is 4.79 Å². The molecular weight excluding hydrogens is 317 g/mol. The molecule has 0 aliphatic carbocycles. The van der Waals surface area contributed by atoms with Crippen molar-refractivity contribution in [2.45, 2.75) is 0 Å². The maximum absolute atomic E-state index is 10.7. The predicted octanol–water partition coefficient (Wildman–Crippen LogP) is 1.91. The average Bonchev–Trinajstić information content (AvgIpc) is 2.17. The van der Waals surface area contributed by atoms with Gasteiger partial charge in [0.2, 0.25) is 0 Å². The third-order valence-corrected chi connectivity index (χ3v) is 2.77. The Morgan fingerprint density at radius 3 is 2.60 bits per heavy atom. The summed E-state index contributed by atoms with van der Waals surface area (Å²) in [6.07, 6.45) is 0. The normalized spacial score (nSPS) is 9.73. The van der Waals surface area contributed by atoms with Crippen molar-refractivity contribution < 1.29 is 19.6 Å². The Morgan fingerprint density at radius 1 is 1.60 bits per heavy atom. The molecule has 0 fully saturated rings. The molecule has 80 valence electrons. The second-order valence-electron chi connectivity index (χ2n) is 2.57. The second-order valence-corrected chi connectivity index (χ2v) is 3.65. The molecule has 0 aliphatic rings. The van der Waals surface area contributed by atoms with E-state index in [1.807, 2.05) is 0 Å². The molecule has 0 amide bonds. The molecule has 15 heavy (non-hydrogen) atoms. The highest BCUT2D eigenvalue weighted by Crippen LogP contribution is 2.31. The van der Waals surface area contributed by atoms with Gasteiger partial charge in [-0.1, -0.05) is 0 Å². The van der Waals surface area contributed by atoms with Gasteiger partial charge >= 0.3 is 5.97 Å². The summed E-state index contributed by atoms with van der Waals surface area (Å²) < 4.78 is 5.13. The van der Waals surface area contributed by atoms with Crippen LogP contribution >= 0.6 is 22.6 Å². The first-order valence-corrected chi connectivity index (χ1v) is 4.80. The highest BCUT2D eigenvalue weighted by Gasteiger charge is 2.20. The number of hydrogen-bond acceptors (Lipinski definition) is 4. The smallest absolute Gasteiger partial charge is 0.336 e. The van der Waals surface area contributed by atoms with Gasteiger partial charge in [-0.3, -0.25) is 10.1 Å². The molecule has 0 saturated carbocycles. The summed E-state index contributed by atoms with van der Waals surface area (Å²) in [6, 6.07) is 2.25. The van der Waals surface area contributed by atoms with E-state index < -0.39 is 10.9 Å². The maximum atomic E-state index is 10.7. The van der Waals surface area contributed by atoms with E-state index in [9.17, 15) is 14.9 Å². The van der Waals surface area contributed by atoms with E-state index in [-0.39, 0.29) is 20.6 Å². The first-order chi connectivity index (χ1) is 6.97. The zero-order valence-corrected chi connectivity index (χ0v) is 9.72. The molecular formula is C8H6INO5. The maximum Gasteiger partial charge on any atom is 0.336 e. The summed E-state index contributed by atoms with van der Waals surface area (Å²) in [7, 11) is 1.33. The van der Waals surface area contributed by atoms with Crippen molar-refractivity contribution in [2.24, 2.45) is 0 Å². The third-order valence-electron chi connectivity index (χ3n) is 1.68. The average molecular weight is 323 g/mol. The Bertz CT molecular complexity index is 431. The highest BCUT2D eigenvalue weighted by molar-refractivity contribution is 14.1. The summed E-state index contributed by atoms with van der Waals surface area (Å²) in [5.41, 5.74) is -0.439. The second kappa shape index (κ2) is 4.43. The molecule has 0 bridgehead atoms. The molecule has 1 N–H and O–H groups in total. The Hall–Kier alpha value is -1.38. The van der Waals surface area contributed by atoms with E-state index in [0.717, 1.165) is 6.07 Å². The minimum absolute atomic E-state index is 0.168. The van der Waals surface area contributed by atoms with Crippen LogP contribution in [0.2, 0.25) is 0 Å². The van der Waals surface area contributed by atoms with Gasteiger partial charge < -0.3 is 9.84 Å². The fraction of sp³-hybridized carbons (Fsp3) is 0.125. The number of benzene rings is 1.